The van der Waals surface area contributed by atoms with Crippen molar-refractivity contribution < 1.29 is 28.5 Å². The molecule has 1 aromatic rings. The molecule has 1 aromatic carbocycles. The molecule has 1 unspecified atom stereocenters. The summed E-state index contributed by atoms with van der Waals surface area (Å²) < 4.78 is 28.3. The number of halogens is 1. The van der Waals surface area contributed by atoms with Gasteiger partial charge in [0.1, 0.15) is 19.0 Å². The summed E-state index contributed by atoms with van der Waals surface area (Å²) in [5.74, 6) is -1.11. The van der Waals surface area contributed by atoms with Crippen LogP contribution in [0.5, 0.6) is 11.5 Å². The average Bonchev–Trinajstić information content (AvgIpc) is 2.36. The maximum Gasteiger partial charge on any atom is 0.339 e. The summed E-state index contributed by atoms with van der Waals surface area (Å²) in [5, 5.41) is 9.56. The van der Waals surface area contributed by atoms with Crippen LogP contribution in [-0.2, 0) is 9.53 Å². The maximum absolute atomic E-state index is 13.6. The van der Waals surface area contributed by atoms with Gasteiger partial charge >= 0.3 is 5.97 Å². The second-order valence-corrected chi connectivity index (χ2v) is 3.44. The molecule has 0 bridgehead atoms. The third-order valence-electron chi connectivity index (χ3n) is 2.38. The monoisotopic (exact) mass is 242 g/mol. The first-order valence-corrected chi connectivity index (χ1v) is 4.98. The minimum Gasteiger partial charge on any atom is -0.486 e. The number of benzene rings is 1. The number of hydrogen-bond acceptors (Lipinski definition) is 5. The summed E-state index contributed by atoms with van der Waals surface area (Å²) in [6.07, 6.45) is -1.67. The Morgan fingerprint density at radius 2 is 2.00 bits per heavy atom. The number of aliphatic hydroxyl groups excluding tert-OH is 1. The Morgan fingerprint density at radius 3 is 2.59 bits per heavy atom. The molecular weight excluding hydrogens is 231 g/mol. The average molecular weight is 242 g/mol. The SMILES string of the molecule is COC(=O)C(O)c1cc2c(cc1F)OCCO2. The van der Waals surface area contributed by atoms with Crippen molar-refractivity contribution in [3.8, 4) is 11.5 Å². The topological polar surface area (TPSA) is 65.0 Å². The first-order valence-electron chi connectivity index (χ1n) is 4.98. The van der Waals surface area contributed by atoms with Crippen LogP contribution in [0.2, 0.25) is 0 Å². The smallest absolute Gasteiger partial charge is 0.339 e. The standard InChI is InChI=1S/C11H11FO5/c1-15-11(14)10(13)6-4-8-9(5-7(6)12)17-3-2-16-8/h4-5,10,13H,2-3H2,1H3. The highest BCUT2D eigenvalue weighted by atomic mass is 19.1. The van der Waals surface area contributed by atoms with E-state index in [0.29, 0.717) is 19.0 Å². The number of esters is 1. The molecule has 1 atom stereocenters. The largest absolute Gasteiger partial charge is 0.486 e. The van der Waals surface area contributed by atoms with Gasteiger partial charge in [0.15, 0.2) is 17.6 Å². The van der Waals surface area contributed by atoms with E-state index in [9.17, 15) is 14.3 Å². The molecule has 0 saturated heterocycles. The number of ether oxygens (including phenoxy) is 3. The predicted molar refractivity (Wildman–Crippen MR) is 54.4 cm³/mol. The lowest BCUT2D eigenvalue weighted by molar-refractivity contribution is -0.150. The van der Waals surface area contributed by atoms with Gasteiger partial charge in [-0.25, -0.2) is 9.18 Å². The zero-order chi connectivity index (χ0) is 12.4. The number of rotatable bonds is 2. The van der Waals surface area contributed by atoms with Crippen LogP contribution in [0.1, 0.15) is 11.7 Å². The van der Waals surface area contributed by atoms with Crippen LogP contribution in [0.25, 0.3) is 0 Å². The molecule has 6 heteroatoms. The van der Waals surface area contributed by atoms with Crippen molar-refractivity contribution in [3.63, 3.8) is 0 Å². The molecule has 1 N–H and O–H groups in total. The van der Waals surface area contributed by atoms with Gasteiger partial charge in [-0.1, -0.05) is 0 Å². The van der Waals surface area contributed by atoms with E-state index >= 15 is 0 Å². The molecule has 17 heavy (non-hydrogen) atoms. The number of carbonyl (C=O) groups is 1. The molecule has 0 radical (unpaired) electrons. The van der Waals surface area contributed by atoms with E-state index in [1.54, 1.807) is 0 Å². The fraction of sp³-hybridized carbons (Fsp3) is 0.364. The molecule has 1 aliphatic rings. The Morgan fingerprint density at radius 1 is 1.41 bits per heavy atom. The van der Waals surface area contributed by atoms with E-state index in [0.717, 1.165) is 13.2 Å². The molecule has 1 heterocycles. The van der Waals surface area contributed by atoms with Crippen LogP contribution >= 0.6 is 0 Å². The Balaban J connectivity index is 2.37. The number of fused-ring (bicyclic) bond motifs is 1. The lowest BCUT2D eigenvalue weighted by Crippen LogP contribution is -2.18. The van der Waals surface area contributed by atoms with E-state index in [-0.39, 0.29) is 11.3 Å². The number of carbonyl (C=O) groups excluding carboxylic acids is 1. The molecule has 0 aliphatic carbocycles. The lowest BCUT2D eigenvalue weighted by Gasteiger charge is -2.20. The van der Waals surface area contributed by atoms with Crippen LogP contribution in [-0.4, -0.2) is 31.4 Å². The van der Waals surface area contributed by atoms with Gasteiger partial charge in [0.05, 0.1) is 7.11 Å². The quantitative estimate of drug-likeness (QED) is 0.777. The zero-order valence-electron chi connectivity index (χ0n) is 9.10. The van der Waals surface area contributed by atoms with Gasteiger partial charge in [-0.3, -0.25) is 0 Å². The van der Waals surface area contributed by atoms with E-state index in [1.807, 2.05) is 0 Å². The van der Waals surface area contributed by atoms with Gasteiger partial charge in [-0.2, -0.15) is 0 Å². The second kappa shape index (κ2) is 4.58. The highest BCUT2D eigenvalue weighted by Crippen LogP contribution is 2.34. The Kier molecular flexibility index (Phi) is 3.14. The summed E-state index contributed by atoms with van der Waals surface area (Å²) in [7, 11) is 1.11. The minimum atomic E-state index is -1.67. The summed E-state index contributed by atoms with van der Waals surface area (Å²) in [5.41, 5.74) is -0.193. The summed E-state index contributed by atoms with van der Waals surface area (Å²) in [6.45, 7) is 0.678. The van der Waals surface area contributed by atoms with Crippen molar-refractivity contribution in [2.24, 2.45) is 0 Å². The van der Waals surface area contributed by atoms with E-state index in [2.05, 4.69) is 4.74 Å². The molecule has 0 aromatic heterocycles. The van der Waals surface area contributed by atoms with Gasteiger partial charge in [0.25, 0.3) is 0 Å². The van der Waals surface area contributed by atoms with Gasteiger partial charge in [-0.15, -0.1) is 0 Å². The van der Waals surface area contributed by atoms with Crippen molar-refractivity contribution in [1.29, 1.82) is 0 Å². The molecule has 92 valence electrons. The van der Waals surface area contributed by atoms with Crippen molar-refractivity contribution in [3.05, 3.63) is 23.5 Å². The number of methoxy groups -OCH3 is 1. The van der Waals surface area contributed by atoms with Gasteiger partial charge < -0.3 is 19.3 Å². The molecule has 1 aliphatic heterocycles. The Labute approximate surface area is 96.7 Å². The molecule has 0 fully saturated rings. The number of hydrogen-bond donors (Lipinski definition) is 1. The van der Waals surface area contributed by atoms with Gasteiger partial charge in [-0.05, 0) is 6.07 Å². The highest BCUT2D eigenvalue weighted by molar-refractivity contribution is 5.76. The fourth-order valence-electron chi connectivity index (χ4n) is 1.53. The van der Waals surface area contributed by atoms with Crippen LogP contribution in [0.4, 0.5) is 4.39 Å². The first kappa shape index (κ1) is 11.7. The number of aliphatic hydroxyl groups is 1. The lowest BCUT2D eigenvalue weighted by atomic mass is 10.1. The minimum absolute atomic E-state index is 0.193. The van der Waals surface area contributed by atoms with Crippen molar-refractivity contribution >= 4 is 5.97 Å². The van der Waals surface area contributed by atoms with Crippen molar-refractivity contribution in [2.75, 3.05) is 20.3 Å². The zero-order valence-corrected chi connectivity index (χ0v) is 9.10. The van der Waals surface area contributed by atoms with Crippen molar-refractivity contribution in [2.45, 2.75) is 6.10 Å². The fourth-order valence-corrected chi connectivity index (χ4v) is 1.53. The summed E-state index contributed by atoms with van der Waals surface area (Å²) in [4.78, 5) is 11.1. The van der Waals surface area contributed by atoms with Gasteiger partial charge in [0.2, 0.25) is 0 Å². The molecular formula is C11H11FO5. The van der Waals surface area contributed by atoms with Crippen LogP contribution in [0, 0.1) is 5.82 Å². The van der Waals surface area contributed by atoms with Crippen LogP contribution in [0.3, 0.4) is 0 Å². The van der Waals surface area contributed by atoms with Gasteiger partial charge in [0, 0.05) is 11.6 Å². The molecule has 0 amide bonds. The van der Waals surface area contributed by atoms with E-state index in [4.69, 9.17) is 9.47 Å². The normalized spacial score (nSPS) is 15.2. The van der Waals surface area contributed by atoms with Crippen LogP contribution in [0.15, 0.2) is 12.1 Å². The molecule has 2 rings (SSSR count). The molecule has 0 spiro atoms. The van der Waals surface area contributed by atoms with Crippen LogP contribution < -0.4 is 9.47 Å². The predicted octanol–water partition coefficient (Wildman–Crippen LogP) is 0.803. The summed E-state index contributed by atoms with van der Waals surface area (Å²) in [6, 6.07) is 2.32. The Hall–Kier alpha value is -1.82. The van der Waals surface area contributed by atoms with E-state index < -0.39 is 17.9 Å². The maximum atomic E-state index is 13.6. The second-order valence-electron chi connectivity index (χ2n) is 3.44. The molecule has 5 nitrogen and oxygen atoms in total. The third-order valence-corrected chi connectivity index (χ3v) is 2.38. The third kappa shape index (κ3) is 2.16. The highest BCUT2D eigenvalue weighted by Gasteiger charge is 2.25. The molecule has 0 saturated carbocycles. The van der Waals surface area contributed by atoms with E-state index in [1.165, 1.54) is 6.07 Å². The van der Waals surface area contributed by atoms with Crippen molar-refractivity contribution in [1.82, 2.24) is 0 Å². The Bertz CT molecular complexity index is 446. The summed E-state index contributed by atoms with van der Waals surface area (Å²) >= 11 is 0. The first-order chi connectivity index (χ1) is 8.13.